The highest BCUT2D eigenvalue weighted by molar-refractivity contribution is 7.80. The highest BCUT2D eigenvalue weighted by Crippen LogP contribution is 2.31. The zero-order chi connectivity index (χ0) is 19.0. The lowest BCUT2D eigenvalue weighted by Crippen LogP contribution is -2.40. The van der Waals surface area contributed by atoms with Gasteiger partial charge in [-0.05, 0) is 24.6 Å². The molecule has 2 heterocycles. The van der Waals surface area contributed by atoms with Gasteiger partial charge in [-0.2, -0.15) is 5.10 Å². The summed E-state index contributed by atoms with van der Waals surface area (Å²) < 4.78 is 1.64. The lowest BCUT2D eigenvalue weighted by atomic mass is 10.1. The van der Waals surface area contributed by atoms with Crippen LogP contribution in [0.25, 0.3) is 5.69 Å². The Labute approximate surface area is 172 Å². The van der Waals surface area contributed by atoms with E-state index in [2.05, 4.69) is 59.0 Å². The molecular weight excluding hydrogens is 403 g/mol. The molecule has 1 aliphatic rings. The molecule has 4 rings (SSSR count). The Hall–Kier alpha value is -2.19. The Morgan fingerprint density at radius 3 is 2.78 bits per heavy atom. The van der Waals surface area contributed by atoms with Crippen LogP contribution in [0.2, 0.25) is 10.0 Å². The molecule has 0 saturated carbocycles. The second kappa shape index (κ2) is 7.44. The average Bonchev–Trinajstić information content (AvgIpc) is 3.24. The van der Waals surface area contributed by atoms with E-state index >= 15 is 0 Å². The van der Waals surface area contributed by atoms with Crippen LogP contribution >= 0.6 is 35.8 Å². The number of hydrogen-bond donors (Lipinski definition) is 3. The summed E-state index contributed by atoms with van der Waals surface area (Å²) in [4.78, 5) is 0. The Morgan fingerprint density at radius 1 is 1.15 bits per heavy atom. The zero-order valence-electron chi connectivity index (χ0n) is 14.3. The number of nitrogens with one attached hydrogen (secondary N) is 2. The first-order valence-corrected chi connectivity index (χ1v) is 9.38. The zero-order valence-corrected chi connectivity index (χ0v) is 16.7. The number of hydrogen-bond acceptors (Lipinski definition) is 6. The van der Waals surface area contributed by atoms with Gasteiger partial charge in [0.2, 0.25) is 0 Å². The monoisotopic (exact) mass is 418 g/mol. The summed E-state index contributed by atoms with van der Waals surface area (Å²) in [6, 6.07) is 13.7. The number of hydrazone groups is 1. The molecule has 1 aliphatic heterocycles. The van der Waals surface area contributed by atoms with Crippen molar-refractivity contribution < 1.29 is 0 Å². The highest BCUT2D eigenvalue weighted by Gasteiger charge is 2.24. The normalized spacial score (nSPS) is 13.6. The van der Waals surface area contributed by atoms with Gasteiger partial charge in [-0.1, -0.05) is 59.1 Å². The van der Waals surface area contributed by atoms with Gasteiger partial charge in [-0.3, -0.25) is 5.01 Å². The van der Waals surface area contributed by atoms with Crippen molar-refractivity contribution in [1.82, 2.24) is 25.9 Å². The average molecular weight is 419 g/mol. The first-order valence-electron chi connectivity index (χ1n) is 8.18. The van der Waals surface area contributed by atoms with Gasteiger partial charge in [0.1, 0.15) is 5.03 Å². The van der Waals surface area contributed by atoms with Crippen LogP contribution in [0.15, 0.2) is 58.8 Å². The molecule has 0 aliphatic carbocycles. The molecule has 0 bridgehead atoms. The van der Waals surface area contributed by atoms with E-state index in [1.54, 1.807) is 16.9 Å². The third-order valence-electron chi connectivity index (χ3n) is 4.17. The summed E-state index contributed by atoms with van der Waals surface area (Å²) >= 11 is 17.1. The molecule has 0 amide bonds. The van der Waals surface area contributed by atoms with E-state index in [4.69, 9.17) is 23.2 Å². The molecule has 0 radical (unpaired) electrons. The standard InChI is InChI=1S/C18H16Cl2N6S/c1-11-4-2-5-12(8-11)10-25-17(22-23-24-25)13-9-21-26(18(13)27)15-7-3-6-14(19)16(15)20/h2-9,23-24,27H,10H2,1H3. The maximum absolute atomic E-state index is 6.33. The summed E-state index contributed by atoms with van der Waals surface area (Å²) in [7, 11) is 0. The molecule has 138 valence electrons. The maximum atomic E-state index is 6.33. The third kappa shape index (κ3) is 3.51. The molecule has 0 atom stereocenters. The van der Waals surface area contributed by atoms with Crippen molar-refractivity contribution in [3.63, 3.8) is 0 Å². The van der Waals surface area contributed by atoms with Crippen LogP contribution in [0.3, 0.4) is 0 Å². The minimum atomic E-state index is 0.422. The summed E-state index contributed by atoms with van der Waals surface area (Å²) in [5.41, 5.74) is 9.61. The van der Waals surface area contributed by atoms with E-state index in [1.807, 2.05) is 23.2 Å². The summed E-state index contributed by atoms with van der Waals surface area (Å²) in [5, 5.41) is 12.1. The molecule has 2 N–H and O–H groups in total. The van der Waals surface area contributed by atoms with Crippen molar-refractivity contribution in [1.29, 1.82) is 0 Å². The minimum absolute atomic E-state index is 0.422. The Balaban J connectivity index is 1.65. The predicted molar refractivity (Wildman–Crippen MR) is 110 cm³/mol. The van der Waals surface area contributed by atoms with Crippen molar-refractivity contribution in [3.8, 4) is 5.69 Å². The topological polar surface area (TPSA) is 57.5 Å². The van der Waals surface area contributed by atoms with Crippen LogP contribution in [0.1, 0.15) is 16.7 Å². The first-order chi connectivity index (χ1) is 13.0. The van der Waals surface area contributed by atoms with E-state index in [1.165, 1.54) is 5.56 Å². The van der Waals surface area contributed by atoms with Crippen LogP contribution in [0.5, 0.6) is 0 Å². The molecule has 3 aromatic rings. The number of aromatic nitrogens is 2. The van der Waals surface area contributed by atoms with Crippen molar-refractivity contribution in [2.75, 3.05) is 0 Å². The number of rotatable bonds is 4. The smallest absolute Gasteiger partial charge is 0.177 e. The van der Waals surface area contributed by atoms with Crippen molar-refractivity contribution in [2.24, 2.45) is 5.10 Å². The lowest BCUT2D eigenvalue weighted by Gasteiger charge is -2.19. The van der Waals surface area contributed by atoms with Gasteiger partial charge in [0, 0.05) is 0 Å². The number of thiol groups is 1. The van der Waals surface area contributed by atoms with Gasteiger partial charge in [-0.15, -0.1) is 23.3 Å². The highest BCUT2D eigenvalue weighted by atomic mass is 35.5. The summed E-state index contributed by atoms with van der Waals surface area (Å²) in [5.74, 6) is 0.686. The third-order valence-corrected chi connectivity index (χ3v) is 5.41. The Bertz CT molecular complexity index is 1030. The number of hydrazine groups is 2. The van der Waals surface area contributed by atoms with Crippen molar-refractivity contribution >= 4 is 41.7 Å². The van der Waals surface area contributed by atoms with Crippen molar-refractivity contribution in [3.05, 3.63) is 75.4 Å². The Morgan fingerprint density at radius 2 is 1.96 bits per heavy atom. The second-order valence-electron chi connectivity index (χ2n) is 6.10. The van der Waals surface area contributed by atoms with Crippen LogP contribution in [0, 0.1) is 6.92 Å². The summed E-state index contributed by atoms with van der Waals surface area (Å²) in [6.07, 6.45) is 1.70. The minimum Gasteiger partial charge on any atom is -0.266 e. The van der Waals surface area contributed by atoms with Crippen LogP contribution < -0.4 is 11.1 Å². The van der Waals surface area contributed by atoms with E-state index in [9.17, 15) is 0 Å². The van der Waals surface area contributed by atoms with Gasteiger partial charge in [0.15, 0.2) is 5.84 Å². The van der Waals surface area contributed by atoms with E-state index in [-0.39, 0.29) is 0 Å². The number of aryl methyl sites for hydroxylation is 1. The summed E-state index contributed by atoms with van der Waals surface area (Å²) in [6.45, 7) is 2.70. The number of amidine groups is 1. The molecule has 0 spiro atoms. The number of benzene rings is 2. The number of nitrogens with zero attached hydrogens (tertiary/aromatic N) is 4. The van der Waals surface area contributed by atoms with Gasteiger partial charge < -0.3 is 0 Å². The van der Waals surface area contributed by atoms with Crippen LogP contribution in [-0.4, -0.2) is 20.6 Å². The fourth-order valence-corrected chi connectivity index (χ4v) is 3.59. The maximum Gasteiger partial charge on any atom is 0.177 e. The molecule has 0 unspecified atom stereocenters. The first kappa shape index (κ1) is 18.2. The molecular formula is C18H16Cl2N6S. The second-order valence-corrected chi connectivity index (χ2v) is 7.31. The van der Waals surface area contributed by atoms with E-state index < -0.39 is 0 Å². The number of halogens is 2. The molecule has 0 saturated heterocycles. The molecule has 6 nitrogen and oxygen atoms in total. The fraction of sp³-hybridized carbons (Fsp3) is 0.111. The quantitative estimate of drug-likeness (QED) is 0.561. The molecule has 27 heavy (non-hydrogen) atoms. The SMILES string of the molecule is Cc1cccc(CN2NNN=C2c2cnn(-c3cccc(Cl)c3Cl)c2S)c1. The van der Waals surface area contributed by atoms with Crippen molar-refractivity contribution in [2.45, 2.75) is 18.5 Å². The largest absolute Gasteiger partial charge is 0.266 e. The van der Waals surface area contributed by atoms with Gasteiger partial charge in [0.25, 0.3) is 0 Å². The molecule has 0 fully saturated rings. The van der Waals surface area contributed by atoms with Crippen LogP contribution in [-0.2, 0) is 6.54 Å². The molecule has 1 aromatic heterocycles. The van der Waals surface area contributed by atoms with Gasteiger partial charge in [0.05, 0.1) is 34.0 Å². The molecule has 9 heteroatoms. The van der Waals surface area contributed by atoms with Crippen LogP contribution in [0.4, 0.5) is 0 Å². The van der Waals surface area contributed by atoms with Gasteiger partial charge >= 0.3 is 0 Å². The Kier molecular flexibility index (Phi) is 5.01. The fourth-order valence-electron chi connectivity index (χ4n) is 2.90. The van der Waals surface area contributed by atoms with E-state index in [0.29, 0.717) is 33.1 Å². The van der Waals surface area contributed by atoms with E-state index in [0.717, 1.165) is 11.1 Å². The predicted octanol–water partition coefficient (Wildman–Crippen LogP) is 3.96. The van der Waals surface area contributed by atoms with Gasteiger partial charge in [-0.25, -0.2) is 10.2 Å². The molecule has 2 aromatic carbocycles. The lowest BCUT2D eigenvalue weighted by molar-refractivity contribution is 0.288.